The van der Waals surface area contributed by atoms with Gasteiger partial charge in [-0.05, 0) is 55.8 Å². The number of benzene rings is 2. The molecule has 20 heavy (non-hydrogen) atoms. The number of hydrogen-bond donors (Lipinski definition) is 1. The number of hydrogen-bond acceptors (Lipinski definition) is 2. The van der Waals surface area contributed by atoms with Crippen LogP contribution in [0.1, 0.15) is 16.7 Å². The Labute approximate surface area is 125 Å². The minimum absolute atomic E-state index is 0.544. The highest BCUT2D eigenvalue weighted by atomic mass is 35.5. The van der Waals surface area contributed by atoms with Crippen LogP contribution in [-0.2, 0) is 13.0 Å². The largest absolute Gasteiger partial charge is 0.487 e. The highest BCUT2D eigenvalue weighted by Gasteiger charge is 2.05. The van der Waals surface area contributed by atoms with Gasteiger partial charge in [-0.15, -0.1) is 0 Å². The maximum Gasteiger partial charge on any atom is 0.138 e. The second kappa shape index (κ2) is 7.32. The lowest BCUT2D eigenvalue weighted by molar-refractivity contribution is 0.305. The van der Waals surface area contributed by atoms with Crippen molar-refractivity contribution in [3.05, 3.63) is 64.2 Å². The summed E-state index contributed by atoms with van der Waals surface area (Å²) >= 11 is 6.18. The molecule has 2 aromatic carbocycles. The minimum atomic E-state index is 0.544. The molecule has 0 bridgehead atoms. The molecule has 0 radical (unpaired) electrons. The molecule has 0 unspecified atom stereocenters. The van der Waals surface area contributed by atoms with E-state index in [1.807, 2.05) is 38.2 Å². The van der Waals surface area contributed by atoms with Gasteiger partial charge in [0.2, 0.25) is 0 Å². The first-order chi connectivity index (χ1) is 9.70. The zero-order chi connectivity index (χ0) is 14.4. The zero-order valence-corrected chi connectivity index (χ0v) is 12.7. The first kappa shape index (κ1) is 14.9. The number of halogens is 1. The van der Waals surface area contributed by atoms with Crippen molar-refractivity contribution in [1.82, 2.24) is 5.32 Å². The normalized spacial score (nSPS) is 10.6. The topological polar surface area (TPSA) is 21.3 Å². The lowest BCUT2D eigenvalue weighted by atomic mass is 10.1. The Bertz CT molecular complexity index is 569. The van der Waals surface area contributed by atoms with E-state index in [2.05, 4.69) is 23.5 Å². The molecule has 3 heteroatoms. The summed E-state index contributed by atoms with van der Waals surface area (Å²) in [5, 5.41) is 3.84. The molecule has 106 valence electrons. The molecule has 0 fully saturated rings. The maximum absolute atomic E-state index is 6.18. The van der Waals surface area contributed by atoms with Crippen LogP contribution in [0.2, 0.25) is 5.02 Å². The minimum Gasteiger partial charge on any atom is -0.487 e. The highest BCUT2D eigenvalue weighted by Crippen LogP contribution is 2.26. The summed E-state index contributed by atoms with van der Waals surface area (Å²) in [5.41, 5.74) is 3.65. The molecular formula is C17H20ClNO. The van der Waals surface area contributed by atoms with Gasteiger partial charge in [-0.1, -0.05) is 41.9 Å². The summed E-state index contributed by atoms with van der Waals surface area (Å²) in [4.78, 5) is 0. The van der Waals surface area contributed by atoms with Gasteiger partial charge >= 0.3 is 0 Å². The molecule has 2 rings (SSSR count). The first-order valence-corrected chi connectivity index (χ1v) is 7.19. The van der Waals surface area contributed by atoms with Crippen LogP contribution in [0, 0.1) is 6.92 Å². The zero-order valence-electron chi connectivity index (χ0n) is 11.9. The Morgan fingerprint density at radius 1 is 1.10 bits per heavy atom. The molecule has 0 heterocycles. The van der Waals surface area contributed by atoms with Gasteiger partial charge in [0.1, 0.15) is 12.4 Å². The summed E-state index contributed by atoms with van der Waals surface area (Å²) in [6.45, 7) is 3.52. The third-order valence-corrected chi connectivity index (χ3v) is 3.53. The molecule has 0 spiro atoms. The monoisotopic (exact) mass is 289 g/mol. The van der Waals surface area contributed by atoms with Crippen LogP contribution in [-0.4, -0.2) is 13.6 Å². The van der Waals surface area contributed by atoms with Crippen LogP contribution < -0.4 is 10.1 Å². The Morgan fingerprint density at radius 3 is 2.55 bits per heavy atom. The Kier molecular flexibility index (Phi) is 5.45. The fraction of sp³-hybridized carbons (Fsp3) is 0.294. The van der Waals surface area contributed by atoms with Gasteiger partial charge in [0.05, 0.1) is 5.02 Å². The third-order valence-electron chi connectivity index (χ3n) is 3.23. The summed E-state index contributed by atoms with van der Waals surface area (Å²) < 4.78 is 5.85. The molecule has 0 aromatic heterocycles. The van der Waals surface area contributed by atoms with Gasteiger partial charge in [0, 0.05) is 0 Å². The van der Waals surface area contributed by atoms with E-state index >= 15 is 0 Å². The van der Waals surface area contributed by atoms with Crippen molar-refractivity contribution < 1.29 is 4.74 Å². The molecular weight excluding hydrogens is 270 g/mol. The van der Waals surface area contributed by atoms with Crippen molar-refractivity contribution >= 4 is 11.6 Å². The van der Waals surface area contributed by atoms with Crippen LogP contribution in [0.25, 0.3) is 0 Å². The summed E-state index contributed by atoms with van der Waals surface area (Å²) in [5.74, 6) is 0.737. The van der Waals surface area contributed by atoms with E-state index in [4.69, 9.17) is 16.3 Å². The Balaban J connectivity index is 2.06. The van der Waals surface area contributed by atoms with E-state index in [0.29, 0.717) is 11.6 Å². The molecule has 0 amide bonds. The van der Waals surface area contributed by atoms with Gasteiger partial charge < -0.3 is 10.1 Å². The molecule has 0 saturated heterocycles. The third kappa shape index (κ3) is 3.99. The van der Waals surface area contributed by atoms with Gasteiger partial charge in [-0.25, -0.2) is 0 Å². The van der Waals surface area contributed by atoms with Crippen molar-refractivity contribution in [2.24, 2.45) is 0 Å². The summed E-state index contributed by atoms with van der Waals surface area (Å²) in [7, 11) is 1.96. The van der Waals surface area contributed by atoms with Gasteiger partial charge in [0.25, 0.3) is 0 Å². The van der Waals surface area contributed by atoms with E-state index < -0.39 is 0 Å². The van der Waals surface area contributed by atoms with E-state index in [0.717, 1.165) is 24.3 Å². The van der Waals surface area contributed by atoms with Crippen molar-refractivity contribution in [3.63, 3.8) is 0 Å². The summed E-state index contributed by atoms with van der Waals surface area (Å²) in [6.07, 6.45) is 0.998. The van der Waals surface area contributed by atoms with Crippen molar-refractivity contribution in [3.8, 4) is 5.75 Å². The molecule has 1 N–H and O–H groups in total. The Morgan fingerprint density at radius 2 is 1.85 bits per heavy atom. The molecule has 2 aromatic rings. The quantitative estimate of drug-likeness (QED) is 0.868. The van der Waals surface area contributed by atoms with Crippen LogP contribution in [0.4, 0.5) is 0 Å². The van der Waals surface area contributed by atoms with Crippen molar-refractivity contribution in [1.29, 1.82) is 0 Å². The van der Waals surface area contributed by atoms with Gasteiger partial charge in [-0.3, -0.25) is 0 Å². The number of likely N-dealkylation sites (N-methyl/N-ethyl adjacent to an activating group) is 1. The van der Waals surface area contributed by atoms with Crippen LogP contribution in [0.15, 0.2) is 42.5 Å². The van der Waals surface area contributed by atoms with Gasteiger partial charge in [0.15, 0.2) is 0 Å². The fourth-order valence-electron chi connectivity index (χ4n) is 2.08. The lowest BCUT2D eigenvalue weighted by Crippen LogP contribution is -2.12. The average molecular weight is 290 g/mol. The van der Waals surface area contributed by atoms with Crippen molar-refractivity contribution in [2.75, 3.05) is 13.6 Å². The number of rotatable bonds is 6. The van der Waals surface area contributed by atoms with E-state index in [1.165, 1.54) is 11.1 Å². The van der Waals surface area contributed by atoms with Crippen LogP contribution in [0.3, 0.4) is 0 Å². The molecule has 0 atom stereocenters. The maximum atomic E-state index is 6.18. The molecule has 0 aliphatic carbocycles. The molecule has 0 aliphatic heterocycles. The smallest absolute Gasteiger partial charge is 0.138 e. The van der Waals surface area contributed by atoms with E-state index in [9.17, 15) is 0 Å². The fourth-order valence-corrected chi connectivity index (χ4v) is 2.37. The van der Waals surface area contributed by atoms with Crippen molar-refractivity contribution in [2.45, 2.75) is 20.0 Å². The Hall–Kier alpha value is -1.51. The standard InChI is InChI=1S/C17H20ClNO/c1-13-7-8-17(16(18)11-13)20-12-15-6-4-3-5-14(15)9-10-19-2/h3-8,11,19H,9-10,12H2,1-2H3. The lowest BCUT2D eigenvalue weighted by Gasteiger charge is -2.12. The van der Waals surface area contributed by atoms with Gasteiger partial charge in [-0.2, -0.15) is 0 Å². The second-order valence-corrected chi connectivity index (χ2v) is 5.25. The second-order valence-electron chi connectivity index (χ2n) is 4.84. The van der Waals surface area contributed by atoms with E-state index in [-0.39, 0.29) is 0 Å². The molecule has 0 aliphatic rings. The summed E-state index contributed by atoms with van der Waals surface area (Å²) in [6, 6.07) is 14.2. The number of ether oxygens (including phenoxy) is 1. The predicted molar refractivity (Wildman–Crippen MR) is 84.6 cm³/mol. The van der Waals surface area contributed by atoms with Crippen LogP contribution in [0.5, 0.6) is 5.75 Å². The SMILES string of the molecule is CNCCc1ccccc1COc1ccc(C)cc1Cl. The van der Waals surface area contributed by atoms with Crippen LogP contribution >= 0.6 is 11.6 Å². The average Bonchev–Trinajstić information content (AvgIpc) is 2.45. The number of nitrogens with one attached hydrogen (secondary N) is 1. The molecule has 2 nitrogen and oxygen atoms in total. The number of aryl methyl sites for hydroxylation is 1. The van der Waals surface area contributed by atoms with E-state index in [1.54, 1.807) is 0 Å². The molecule has 0 saturated carbocycles. The predicted octanol–water partition coefficient (Wildman–Crippen LogP) is 3.99. The highest BCUT2D eigenvalue weighted by molar-refractivity contribution is 6.32. The first-order valence-electron chi connectivity index (χ1n) is 6.81.